The van der Waals surface area contributed by atoms with Crippen LogP contribution >= 0.6 is 22.9 Å². The van der Waals surface area contributed by atoms with E-state index in [2.05, 4.69) is 15.8 Å². The molecule has 2 atom stereocenters. The minimum absolute atomic E-state index is 0.0343. The number of phenols is 1. The number of carbonyl (C=O) groups excluding carboxylic acids is 3. The van der Waals surface area contributed by atoms with Crippen LogP contribution in [0.1, 0.15) is 74.0 Å². The summed E-state index contributed by atoms with van der Waals surface area (Å²) in [4.78, 5) is 39.7. The number of nitrogens with one attached hydrogen (secondary N) is 2. The molecular formula is C26H30ClN3O5S. The summed E-state index contributed by atoms with van der Waals surface area (Å²) in [5.41, 5.74) is 0.608. The maximum absolute atomic E-state index is 13.5. The lowest BCUT2D eigenvalue weighted by molar-refractivity contribution is -0.133. The summed E-state index contributed by atoms with van der Waals surface area (Å²) in [7, 11) is 0. The van der Waals surface area contributed by atoms with Crippen molar-refractivity contribution in [3.63, 3.8) is 0 Å². The second kappa shape index (κ2) is 11.3. The summed E-state index contributed by atoms with van der Waals surface area (Å²) in [6.45, 7) is 9.17. The number of hydrogen-bond acceptors (Lipinski definition) is 7. The Morgan fingerprint density at radius 3 is 2.42 bits per heavy atom. The zero-order chi connectivity index (χ0) is 26.6. The maximum Gasteiger partial charge on any atom is 0.274 e. The van der Waals surface area contributed by atoms with Crippen LogP contribution in [0.15, 0.2) is 45.6 Å². The van der Waals surface area contributed by atoms with Gasteiger partial charge in [0.05, 0.1) is 5.02 Å². The van der Waals surface area contributed by atoms with Crippen molar-refractivity contribution in [2.45, 2.75) is 59.0 Å². The molecule has 0 saturated carbocycles. The Balaban J connectivity index is 1.90. The van der Waals surface area contributed by atoms with E-state index < -0.39 is 29.3 Å². The third-order valence-electron chi connectivity index (χ3n) is 5.57. The van der Waals surface area contributed by atoms with Crippen molar-refractivity contribution in [1.29, 1.82) is 0 Å². The minimum atomic E-state index is -1.06. The Labute approximate surface area is 219 Å². The number of hydrogen-bond donors (Lipinski definition) is 3. The molecule has 3 aromatic rings. The monoisotopic (exact) mass is 531 g/mol. The van der Waals surface area contributed by atoms with E-state index in [4.69, 9.17) is 16.1 Å². The summed E-state index contributed by atoms with van der Waals surface area (Å²) >= 11 is 7.47. The molecule has 3 N–H and O–H groups in total. The van der Waals surface area contributed by atoms with E-state index in [-0.39, 0.29) is 34.6 Å². The molecule has 0 saturated heterocycles. The topological polar surface area (TPSA) is 122 Å². The van der Waals surface area contributed by atoms with Gasteiger partial charge in [0.15, 0.2) is 11.5 Å². The first-order valence-electron chi connectivity index (χ1n) is 11.5. The highest BCUT2D eigenvalue weighted by Gasteiger charge is 2.34. The zero-order valence-corrected chi connectivity index (χ0v) is 22.4. The van der Waals surface area contributed by atoms with E-state index in [9.17, 15) is 19.5 Å². The maximum atomic E-state index is 13.5. The number of amides is 2. The first-order valence-corrected chi connectivity index (χ1v) is 12.8. The van der Waals surface area contributed by atoms with E-state index in [0.717, 1.165) is 0 Å². The molecule has 0 aliphatic rings. The van der Waals surface area contributed by atoms with Gasteiger partial charge in [0.25, 0.3) is 5.91 Å². The van der Waals surface area contributed by atoms with Crippen LogP contribution < -0.4 is 10.6 Å². The van der Waals surface area contributed by atoms with Crippen LogP contribution in [0.25, 0.3) is 0 Å². The number of thiophene rings is 1. The fourth-order valence-electron chi connectivity index (χ4n) is 3.44. The van der Waals surface area contributed by atoms with Crippen LogP contribution in [0.2, 0.25) is 5.02 Å². The second-order valence-corrected chi connectivity index (χ2v) is 11.1. The lowest BCUT2D eigenvalue weighted by atomic mass is 9.84. The number of rotatable bonds is 9. The number of carbonyl (C=O) groups is 3. The second-order valence-electron chi connectivity index (χ2n) is 9.90. The molecule has 0 fully saturated rings. The highest BCUT2D eigenvalue weighted by atomic mass is 35.5. The van der Waals surface area contributed by atoms with Crippen molar-refractivity contribution in [2.24, 2.45) is 5.41 Å². The summed E-state index contributed by atoms with van der Waals surface area (Å²) in [6, 6.07) is 5.92. The third kappa shape index (κ3) is 6.73. The van der Waals surface area contributed by atoms with Gasteiger partial charge >= 0.3 is 0 Å². The Morgan fingerprint density at radius 1 is 1.14 bits per heavy atom. The molecular weight excluding hydrogens is 502 g/mol. The van der Waals surface area contributed by atoms with Gasteiger partial charge in [-0.25, -0.2) is 0 Å². The van der Waals surface area contributed by atoms with Crippen LogP contribution in [0.3, 0.4) is 0 Å². The predicted octanol–water partition coefficient (Wildman–Crippen LogP) is 5.03. The van der Waals surface area contributed by atoms with Gasteiger partial charge in [-0.3, -0.25) is 14.4 Å². The Kier molecular flexibility index (Phi) is 8.58. The van der Waals surface area contributed by atoms with E-state index >= 15 is 0 Å². The molecule has 36 heavy (non-hydrogen) atoms. The number of benzene rings is 1. The first kappa shape index (κ1) is 27.4. The average Bonchev–Trinajstić information content (AvgIpc) is 3.51. The summed E-state index contributed by atoms with van der Waals surface area (Å²) in [5.74, 6) is -0.821. The summed E-state index contributed by atoms with van der Waals surface area (Å²) in [5, 5.41) is 22.9. The molecule has 3 rings (SSSR count). The molecule has 8 nitrogen and oxygen atoms in total. The van der Waals surface area contributed by atoms with Gasteiger partial charge in [-0.1, -0.05) is 57.4 Å². The number of halogens is 1. The number of nitrogens with zero attached hydrogens (tertiary/aromatic N) is 1. The fourth-order valence-corrected chi connectivity index (χ4v) is 4.33. The van der Waals surface area contributed by atoms with Crippen LogP contribution in [0.5, 0.6) is 5.75 Å². The molecule has 0 aliphatic heterocycles. The van der Waals surface area contributed by atoms with Crippen molar-refractivity contribution in [1.82, 2.24) is 15.8 Å². The largest absolute Gasteiger partial charge is 0.506 e. The van der Waals surface area contributed by atoms with Gasteiger partial charge in [0.2, 0.25) is 5.91 Å². The Hall–Kier alpha value is -3.17. The van der Waals surface area contributed by atoms with E-state index in [1.165, 1.54) is 29.5 Å². The molecule has 0 aliphatic carbocycles. The van der Waals surface area contributed by atoms with Gasteiger partial charge in [0, 0.05) is 23.8 Å². The van der Waals surface area contributed by atoms with Gasteiger partial charge in [-0.15, -0.1) is 0 Å². The Morgan fingerprint density at radius 2 is 1.86 bits per heavy atom. The number of aromatic nitrogens is 1. The van der Waals surface area contributed by atoms with Crippen LogP contribution in [-0.4, -0.2) is 33.9 Å². The van der Waals surface area contributed by atoms with E-state index in [1.807, 2.05) is 24.6 Å². The van der Waals surface area contributed by atoms with Crippen LogP contribution in [0, 0.1) is 5.41 Å². The molecule has 2 amide bonds. The Bertz CT molecular complexity index is 1230. The van der Waals surface area contributed by atoms with Crippen LogP contribution in [0.4, 0.5) is 0 Å². The first-order chi connectivity index (χ1) is 16.9. The third-order valence-corrected chi connectivity index (χ3v) is 6.57. The normalized spacial score (nSPS) is 13.3. The molecule has 0 unspecified atom stereocenters. The van der Waals surface area contributed by atoms with Gasteiger partial charge in [-0.2, -0.15) is 11.3 Å². The number of Topliss-reactive ketones (excluding diaryl/α,β-unsaturated/α-hetero) is 1. The van der Waals surface area contributed by atoms with Gasteiger partial charge < -0.3 is 20.3 Å². The SMILES string of the molecule is CC(C)c1cc(C(=O)N[C@@H](Cc2ccc(O)c(Cl)c2)C(=O)N[C@H](C(=O)C(C)(C)C)c2ccsc2)no1. The molecule has 0 bridgehead atoms. The van der Waals surface area contributed by atoms with E-state index in [1.54, 1.807) is 32.9 Å². The molecule has 2 heterocycles. The predicted molar refractivity (Wildman–Crippen MR) is 138 cm³/mol. The highest BCUT2D eigenvalue weighted by molar-refractivity contribution is 7.08. The lowest BCUT2D eigenvalue weighted by Crippen LogP contribution is -2.51. The number of ketones is 1. The standard InChI is InChI=1S/C26H30ClN3O5S/c1-14(2)21-12-19(30-35-21)25(34)28-18(11-15-6-7-20(31)17(27)10-15)24(33)29-22(16-8-9-36-13-16)23(32)26(3,4)5/h6-10,12-14,18,22,31H,11H2,1-5H3,(H,28,34)(H,29,33)/t18-,22-/m0/s1. The zero-order valence-electron chi connectivity index (χ0n) is 20.8. The number of aromatic hydroxyl groups is 1. The molecule has 1 aromatic carbocycles. The van der Waals surface area contributed by atoms with Gasteiger partial charge in [-0.05, 0) is 40.1 Å². The molecule has 10 heteroatoms. The van der Waals surface area contributed by atoms with Gasteiger partial charge in [0.1, 0.15) is 23.6 Å². The van der Waals surface area contributed by atoms with Crippen molar-refractivity contribution in [3.8, 4) is 5.75 Å². The summed E-state index contributed by atoms with van der Waals surface area (Å²) in [6.07, 6.45) is 0.0620. The molecule has 0 spiro atoms. The number of phenolic OH excluding ortho intramolecular Hbond substituents is 1. The minimum Gasteiger partial charge on any atom is -0.506 e. The smallest absolute Gasteiger partial charge is 0.274 e. The molecule has 192 valence electrons. The van der Waals surface area contributed by atoms with Crippen molar-refractivity contribution < 1.29 is 24.0 Å². The molecule has 0 radical (unpaired) electrons. The van der Waals surface area contributed by atoms with Crippen molar-refractivity contribution >= 4 is 40.5 Å². The summed E-state index contributed by atoms with van der Waals surface area (Å²) < 4.78 is 5.22. The average molecular weight is 532 g/mol. The van der Waals surface area contributed by atoms with Crippen molar-refractivity contribution in [3.05, 3.63) is 68.7 Å². The highest BCUT2D eigenvalue weighted by Crippen LogP contribution is 2.28. The van der Waals surface area contributed by atoms with Crippen LogP contribution in [-0.2, 0) is 16.0 Å². The lowest BCUT2D eigenvalue weighted by Gasteiger charge is -2.27. The van der Waals surface area contributed by atoms with E-state index in [0.29, 0.717) is 16.9 Å². The quantitative estimate of drug-likeness (QED) is 0.356. The van der Waals surface area contributed by atoms with Crippen molar-refractivity contribution in [2.75, 3.05) is 0 Å². The molecule has 2 aromatic heterocycles. The fraction of sp³-hybridized carbons (Fsp3) is 0.385.